The second-order valence-corrected chi connectivity index (χ2v) is 10.3. The quantitative estimate of drug-likeness (QED) is 0.409. The monoisotopic (exact) mass is 482 g/mol. The smallest absolute Gasteiger partial charge is 0.251 e. The number of piperazine rings is 1. The molecule has 3 N–H and O–H groups in total. The highest BCUT2D eigenvalue weighted by atomic mass is 16.1. The van der Waals surface area contributed by atoms with Crippen LogP contribution in [0.3, 0.4) is 0 Å². The number of pyridine rings is 1. The van der Waals surface area contributed by atoms with E-state index in [0.29, 0.717) is 12.5 Å². The van der Waals surface area contributed by atoms with Crippen molar-refractivity contribution in [1.82, 2.24) is 30.2 Å². The summed E-state index contributed by atoms with van der Waals surface area (Å²) in [4.78, 5) is 34.1. The number of amides is 1. The van der Waals surface area contributed by atoms with Gasteiger partial charge in [0.25, 0.3) is 5.91 Å². The lowest BCUT2D eigenvalue weighted by Gasteiger charge is -2.33. The van der Waals surface area contributed by atoms with Crippen molar-refractivity contribution in [3.8, 4) is 11.1 Å². The van der Waals surface area contributed by atoms with Gasteiger partial charge < -0.3 is 25.4 Å². The van der Waals surface area contributed by atoms with Gasteiger partial charge in [-0.1, -0.05) is 19.9 Å². The number of H-pyrrole nitrogens is 1. The lowest BCUT2D eigenvalue weighted by atomic mass is 9.78. The van der Waals surface area contributed by atoms with E-state index in [2.05, 4.69) is 62.3 Å². The number of nitrogens with one attached hydrogen (secondary N) is 3. The lowest BCUT2D eigenvalue weighted by molar-refractivity contribution is 0.0930. The fraction of sp³-hybridized carbons (Fsp3) is 0.333. The lowest BCUT2D eigenvalue weighted by Crippen LogP contribution is -2.44. The van der Waals surface area contributed by atoms with Crippen LogP contribution in [0.25, 0.3) is 22.2 Å². The topological polar surface area (TPSA) is 102 Å². The molecule has 0 aliphatic carbocycles. The van der Waals surface area contributed by atoms with E-state index in [1.807, 2.05) is 42.9 Å². The second kappa shape index (κ2) is 8.60. The van der Waals surface area contributed by atoms with Crippen LogP contribution in [-0.2, 0) is 5.41 Å². The molecule has 1 fully saturated rings. The molecule has 0 atom stereocenters. The second-order valence-electron chi connectivity index (χ2n) is 10.3. The Bertz CT molecular complexity index is 1450. The molecule has 4 aromatic rings. The molecule has 0 radical (unpaired) electrons. The van der Waals surface area contributed by atoms with Crippen LogP contribution in [0, 0.1) is 0 Å². The van der Waals surface area contributed by atoms with Gasteiger partial charge in [0, 0.05) is 85.0 Å². The summed E-state index contributed by atoms with van der Waals surface area (Å²) in [5.74, 6) is 1.47. The largest absolute Gasteiger partial charge is 0.354 e. The highest BCUT2D eigenvalue weighted by Crippen LogP contribution is 2.35. The van der Waals surface area contributed by atoms with Crippen LogP contribution in [0.1, 0.15) is 29.8 Å². The summed E-state index contributed by atoms with van der Waals surface area (Å²) in [5, 5.41) is 7.24. The number of fused-ring (bicyclic) bond motifs is 2. The SMILES string of the molecule is CN1CCN(c2cc(Nc3ncc4c(-c5ccc6c(c5)C(C)(C)CNC6=O)c[nH]c4n3)ccn2)CC1. The minimum absolute atomic E-state index is 0.0132. The third-order valence-corrected chi connectivity index (χ3v) is 7.26. The zero-order valence-corrected chi connectivity index (χ0v) is 20.8. The number of benzene rings is 1. The predicted molar refractivity (Wildman–Crippen MR) is 142 cm³/mol. The summed E-state index contributed by atoms with van der Waals surface area (Å²) in [6.45, 7) is 8.92. The van der Waals surface area contributed by atoms with Crippen LogP contribution in [-0.4, -0.2) is 70.5 Å². The highest BCUT2D eigenvalue weighted by molar-refractivity contribution is 5.99. The van der Waals surface area contributed by atoms with Crippen molar-refractivity contribution in [1.29, 1.82) is 0 Å². The molecule has 0 saturated carbocycles. The third kappa shape index (κ3) is 4.05. The van der Waals surface area contributed by atoms with Gasteiger partial charge in [0.1, 0.15) is 11.5 Å². The average Bonchev–Trinajstić information content (AvgIpc) is 3.30. The standard InChI is InChI=1S/C27H30N8O/c1-27(2)16-31-25(36)19-5-4-17(12-22(19)27)20-14-29-24-21(20)15-30-26(33-24)32-18-6-7-28-23(13-18)35-10-8-34(3)9-11-35/h4-7,12-15H,8-11,16H2,1-3H3,(H,31,36)(H2,28,29,30,32,33). The number of aromatic amines is 1. The number of hydrogen-bond acceptors (Lipinski definition) is 7. The summed E-state index contributed by atoms with van der Waals surface area (Å²) in [7, 11) is 2.15. The molecule has 0 spiro atoms. The summed E-state index contributed by atoms with van der Waals surface area (Å²) < 4.78 is 0. The minimum atomic E-state index is -0.132. The van der Waals surface area contributed by atoms with Crippen LogP contribution in [0.4, 0.5) is 17.5 Å². The Kier molecular flexibility index (Phi) is 5.37. The first-order valence-electron chi connectivity index (χ1n) is 12.3. The van der Waals surface area contributed by atoms with Gasteiger partial charge in [-0.15, -0.1) is 0 Å². The number of aromatic nitrogens is 4. The van der Waals surface area contributed by atoms with Crippen molar-refractivity contribution in [2.45, 2.75) is 19.3 Å². The first kappa shape index (κ1) is 22.5. The Morgan fingerprint density at radius 1 is 1.03 bits per heavy atom. The van der Waals surface area contributed by atoms with E-state index in [4.69, 9.17) is 4.98 Å². The van der Waals surface area contributed by atoms with Crippen molar-refractivity contribution in [3.63, 3.8) is 0 Å². The molecule has 3 aromatic heterocycles. The van der Waals surface area contributed by atoms with Crippen molar-refractivity contribution >= 4 is 34.4 Å². The maximum atomic E-state index is 12.3. The van der Waals surface area contributed by atoms with Gasteiger partial charge in [-0.2, -0.15) is 4.98 Å². The zero-order chi connectivity index (χ0) is 24.9. The molecule has 0 unspecified atom stereocenters. The molecule has 1 aromatic carbocycles. The fourth-order valence-corrected chi connectivity index (χ4v) is 5.00. The summed E-state index contributed by atoms with van der Waals surface area (Å²) >= 11 is 0. The Balaban J connectivity index is 1.26. The number of carbonyl (C=O) groups is 1. The zero-order valence-electron chi connectivity index (χ0n) is 20.8. The summed E-state index contributed by atoms with van der Waals surface area (Å²) in [6.07, 6.45) is 5.62. The number of likely N-dealkylation sites (N-methyl/N-ethyl adjacent to an activating group) is 1. The molecule has 1 amide bonds. The number of rotatable bonds is 4. The van der Waals surface area contributed by atoms with E-state index in [0.717, 1.165) is 71.0 Å². The van der Waals surface area contributed by atoms with E-state index in [1.165, 1.54) is 0 Å². The Hall–Kier alpha value is -3.98. The van der Waals surface area contributed by atoms with Crippen LogP contribution >= 0.6 is 0 Å². The van der Waals surface area contributed by atoms with Crippen LogP contribution in [0.15, 0.2) is 48.9 Å². The fourth-order valence-electron chi connectivity index (χ4n) is 5.00. The molecule has 36 heavy (non-hydrogen) atoms. The molecule has 1 saturated heterocycles. The van der Waals surface area contributed by atoms with Crippen molar-refractivity contribution < 1.29 is 4.79 Å². The van der Waals surface area contributed by atoms with Crippen LogP contribution < -0.4 is 15.5 Å². The van der Waals surface area contributed by atoms with Gasteiger partial charge >= 0.3 is 0 Å². The summed E-state index contributed by atoms with van der Waals surface area (Å²) in [5.41, 5.74) is 5.38. The van der Waals surface area contributed by atoms with Crippen molar-refractivity contribution in [3.05, 3.63) is 60.0 Å². The van der Waals surface area contributed by atoms with E-state index < -0.39 is 0 Å². The average molecular weight is 483 g/mol. The highest BCUT2D eigenvalue weighted by Gasteiger charge is 2.31. The number of nitrogens with zero attached hydrogens (tertiary/aromatic N) is 5. The van der Waals surface area contributed by atoms with E-state index >= 15 is 0 Å². The number of anilines is 3. The Labute approximate surface area is 210 Å². The van der Waals surface area contributed by atoms with E-state index in [9.17, 15) is 4.79 Å². The van der Waals surface area contributed by atoms with Crippen LogP contribution in [0.2, 0.25) is 0 Å². The molecule has 5 heterocycles. The van der Waals surface area contributed by atoms with Gasteiger partial charge in [-0.05, 0) is 36.4 Å². The Morgan fingerprint density at radius 2 is 1.86 bits per heavy atom. The van der Waals surface area contributed by atoms with E-state index in [1.54, 1.807) is 0 Å². The molecule has 9 nitrogen and oxygen atoms in total. The maximum Gasteiger partial charge on any atom is 0.251 e. The first-order chi connectivity index (χ1) is 17.4. The molecule has 9 heteroatoms. The maximum absolute atomic E-state index is 12.3. The summed E-state index contributed by atoms with van der Waals surface area (Å²) in [6, 6.07) is 10.0. The molecule has 6 rings (SSSR count). The predicted octanol–water partition coefficient (Wildman–Crippen LogP) is 3.54. The first-order valence-corrected chi connectivity index (χ1v) is 12.3. The van der Waals surface area contributed by atoms with Gasteiger partial charge in [0.2, 0.25) is 5.95 Å². The molecule has 184 valence electrons. The third-order valence-electron chi connectivity index (χ3n) is 7.26. The van der Waals surface area contributed by atoms with Gasteiger partial charge in [-0.25, -0.2) is 9.97 Å². The Morgan fingerprint density at radius 3 is 2.69 bits per heavy atom. The van der Waals surface area contributed by atoms with Crippen LogP contribution in [0.5, 0.6) is 0 Å². The van der Waals surface area contributed by atoms with Gasteiger partial charge in [0.15, 0.2) is 0 Å². The molecule has 2 aliphatic heterocycles. The van der Waals surface area contributed by atoms with E-state index in [-0.39, 0.29) is 11.3 Å². The van der Waals surface area contributed by atoms with Crippen molar-refractivity contribution in [2.75, 3.05) is 50.0 Å². The normalized spacial score (nSPS) is 17.6. The molecule has 2 aliphatic rings. The molecule has 0 bridgehead atoms. The van der Waals surface area contributed by atoms with Gasteiger partial charge in [0.05, 0.1) is 0 Å². The minimum Gasteiger partial charge on any atom is -0.354 e. The van der Waals surface area contributed by atoms with Gasteiger partial charge in [-0.3, -0.25) is 4.79 Å². The number of hydrogen-bond donors (Lipinski definition) is 3. The van der Waals surface area contributed by atoms with Crippen molar-refractivity contribution in [2.24, 2.45) is 0 Å². The number of carbonyl (C=O) groups excluding carboxylic acids is 1. The molecular formula is C27H30N8O. The molecular weight excluding hydrogens is 452 g/mol.